The number of rotatable bonds is 4. The van der Waals surface area contributed by atoms with E-state index in [0.29, 0.717) is 24.6 Å². The molecule has 1 aromatic heterocycles. The van der Waals surface area contributed by atoms with Gasteiger partial charge in [0.2, 0.25) is 5.88 Å². The Morgan fingerprint density at radius 1 is 1.33 bits per heavy atom. The average Bonchev–Trinajstić information content (AvgIpc) is 2.49. The van der Waals surface area contributed by atoms with Gasteiger partial charge >= 0.3 is 5.97 Å². The molecule has 7 heteroatoms. The van der Waals surface area contributed by atoms with E-state index in [1.807, 2.05) is 0 Å². The van der Waals surface area contributed by atoms with Gasteiger partial charge in [-0.1, -0.05) is 6.92 Å². The van der Waals surface area contributed by atoms with Gasteiger partial charge in [-0.25, -0.2) is 4.79 Å². The van der Waals surface area contributed by atoms with Crippen molar-refractivity contribution in [3.8, 4) is 5.88 Å². The van der Waals surface area contributed by atoms with Crippen molar-refractivity contribution in [2.45, 2.75) is 38.1 Å². The molecule has 0 aliphatic heterocycles. The summed E-state index contributed by atoms with van der Waals surface area (Å²) in [5, 5.41) is 19.6. The third kappa shape index (κ3) is 3.29. The first-order chi connectivity index (χ1) is 9.97. The maximum Gasteiger partial charge on any atom is 0.329 e. The number of nitrogens with zero attached hydrogens (tertiary/aromatic N) is 2. The molecule has 1 aliphatic carbocycles. The molecule has 2 N–H and O–H groups in total. The van der Waals surface area contributed by atoms with Crippen LogP contribution in [0, 0.1) is 5.92 Å². The number of amides is 1. The first kappa shape index (κ1) is 15.2. The first-order valence-electron chi connectivity index (χ1n) is 6.90. The maximum absolute atomic E-state index is 12.2. The van der Waals surface area contributed by atoms with Crippen LogP contribution in [0.3, 0.4) is 0 Å². The summed E-state index contributed by atoms with van der Waals surface area (Å²) >= 11 is 0. The number of aromatic nitrogens is 2. The minimum Gasteiger partial charge on any atom is -0.480 e. The Morgan fingerprint density at radius 3 is 2.48 bits per heavy atom. The van der Waals surface area contributed by atoms with Crippen LogP contribution in [0.1, 0.15) is 43.1 Å². The maximum atomic E-state index is 12.2. The molecule has 0 bridgehead atoms. The van der Waals surface area contributed by atoms with E-state index in [1.54, 1.807) is 0 Å². The van der Waals surface area contributed by atoms with E-state index in [9.17, 15) is 14.7 Å². The summed E-state index contributed by atoms with van der Waals surface area (Å²) in [6, 6.07) is 2.97. The van der Waals surface area contributed by atoms with Crippen molar-refractivity contribution >= 4 is 11.9 Å². The summed E-state index contributed by atoms with van der Waals surface area (Å²) in [4.78, 5) is 23.8. The van der Waals surface area contributed by atoms with Gasteiger partial charge < -0.3 is 15.2 Å². The number of hydrogen-bond acceptors (Lipinski definition) is 5. The zero-order chi connectivity index (χ0) is 15.5. The second kappa shape index (κ2) is 6.07. The molecule has 0 aromatic carbocycles. The molecule has 7 nitrogen and oxygen atoms in total. The number of carboxylic acid groups (broad SMARTS) is 1. The molecule has 0 atom stereocenters. The highest BCUT2D eigenvalue weighted by molar-refractivity contribution is 5.96. The fourth-order valence-corrected chi connectivity index (χ4v) is 2.48. The van der Waals surface area contributed by atoms with Gasteiger partial charge in [-0.2, -0.15) is 0 Å². The van der Waals surface area contributed by atoms with E-state index in [1.165, 1.54) is 19.2 Å². The third-order valence-electron chi connectivity index (χ3n) is 3.97. The van der Waals surface area contributed by atoms with Gasteiger partial charge in [-0.3, -0.25) is 4.79 Å². The molecular weight excluding hydrogens is 274 g/mol. The molecule has 1 amide bonds. The number of nitrogens with one attached hydrogen (secondary N) is 1. The van der Waals surface area contributed by atoms with E-state index in [2.05, 4.69) is 22.4 Å². The number of carboxylic acids is 1. The molecule has 1 heterocycles. The number of carbonyl (C=O) groups is 2. The Balaban J connectivity index is 2.12. The van der Waals surface area contributed by atoms with Crippen molar-refractivity contribution in [1.82, 2.24) is 15.5 Å². The van der Waals surface area contributed by atoms with Crippen LogP contribution >= 0.6 is 0 Å². The highest BCUT2D eigenvalue weighted by Crippen LogP contribution is 2.32. The predicted octanol–water partition coefficient (Wildman–Crippen LogP) is 1.25. The molecule has 1 saturated carbocycles. The lowest BCUT2D eigenvalue weighted by molar-refractivity contribution is -0.146. The van der Waals surface area contributed by atoms with E-state index in [-0.39, 0.29) is 5.69 Å². The largest absolute Gasteiger partial charge is 0.480 e. The quantitative estimate of drug-likeness (QED) is 0.866. The summed E-state index contributed by atoms with van der Waals surface area (Å²) in [7, 11) is 1.45. The zero-order valence-corrected chi connectivity index (χ0v) is 12.1. The smallest absolute Gasteiger partial charge is 0.329 e. The second-order valence-electron chi connectivity index (χ2n) is 5.48. The number of ether oxygens (including phenoxy) is 1. The summed E-state index contributed by atoms with van der Waals surface area (Å²) in [6.07, 6.45) is 2.42. The van der Waals surface area contributed by atoms with E-state index in [4.69, 9.17) is 4.74 Å². The Morgan fingerprint density at radius 2 is 2.00 bits per heavy atom. The third-order valence-corrected chi connectivity index (χ3v) is 3.97. The molecule has 0 unspecified atom stereocenters. The van der Waals surface area contributed by atoms with Crippen molar-refractivity contribution in [2.24, 2.45) is 5.92 Å². The van der Waals surface area contributed by atoms with Crippen LogP contribution in [0.2, 0.25) is 0 Å². The van der Waals surface area contributed by atoms with Crippen molar-refractivity contribution in [3.05, 3.63) is 17.8 Å². The number of methoxy groups -OCH3 is 1. The molecular formula is C14H19N3O4. The molecule has 114 valence electrons. The normalized spacial score (nSPS) is 25.1. The van der Waals surface area contributed by atoms with Crippen LogP contribution < -0.4 is 10.1 Å². The molecule has 1 aliphatic rings. The second-order valence-corrected chi connectivity index (χ2v) is 5.48. The summed E-state index contributed by atoms with van der Waals surface area (Å²) in [5.74, 6) is -0.743. The lowest BCUT2D eigenvalue weighted by Crippen LogP contribution is -2.56. The van der Waals surface area contributed by atoms with Crippen molar-refractivity contribution in [2.75, 3.05) is 7.11 Å². The van der Waals surface area contributed by atoms with E-state index >= 15 is 0 Å². The monoisotopic (exact) mass is 293 g/mol. The Bertz CT molecular complexity index is 522. The fourth-order valence-electron chi connectivity index (χ4n) is 2.48. The van der Waals surface area contributed by atoms with Crippen LogP contribution in [0.15, 0.2) is 12.1 Å². The predicted molar refractivity (Wildman–Crippen MR) is 74.0 cm³/mol. The van der Waals surface area contributed by atoms with Crippen LogP contribution in [-0.4, -0.2) is 39.8 Å². The highest BCUT2D eigenvalue weighted by atomic mass is 16.5. The van der Waals surface area contributed by atoms with Crippen molar-refractivity contribution < 1.29 is 19.4 Å². The van der Waals surface area contributed by atoms with Crippen LogP contribution in [0.4, 0.5) is 0 Å². The Labute approximate surface area is 122 Å². The molecule has 0 radical (unpaired) electrons. The highest BCUT2D eigenvalue weighted by Gasteiger charge is 2.42. The molecule has 0 spiro atoms. The number of carbonyl (C=O) groups excluding carboxylic acids is 1. The topological polar surface area (TPSA) is 101 Å². The standard InChI is InChI=1S/C14H19N3O4/c1-9-5-7-14(8-6-9,13(19)20)15-12(18)10-3-4-11(21-2)17-16-10/h3-4,9H,5-8H2,1-2H3,(H,15,18)(H,19,20). The van der Waals surface area contributed by atoms with Gasteiger partial charge in [0.25, 0.3) is 5.91 Å². The summed E-state index contributed by atoms with van der Waals surface area (Å²) in [6.45, 7) is 2.09. The van der Waals surface area contributed by atoms with Gasteiger partial charge in [0.05, 0.1) is 7.11 Å². The van der Waals surface area contributed by atoms with Crippen molar-refractivity contribution in [1.29, 1.82) is 0 Å². The first-order valence-corrected chi connectivity index (χ1v) is 6.90. The molecule has 21 heavy (non-hydrogen) atoms. The summed E-state index contributed by atoms with van der Waals surface area (Å²) in [5.41, 5.74) is -1.12. The zero-order valence-electron chi connectivity index (χ0n) is 12.1. The van der Waals surface area contributed by atoms with Gasteiger partial charge in [0.15, 0.2) is 5.69 Å². The van der Waals surface area contributed by atoms with Crippen molar-refractivity contribution in [3.63, 3.8) is 0 Å². The average molecular weight is 293 g/mol. The molecule has 1 fully saturated rings. The molecule has 2 rings (SSSR count). The fraction of sp³-hybridized carbons (Fsp3) is 0.571. The van der Waals surface area contributed by atoms with Gasteiger partial charge in [0, 0.05) is 6.07 Å². The van der Waals surface area contributed by atoms with Gasteiger partial charge in [0.1, 0.15) is 5.54 Å². The van der Waals surface area contributed by atoms with Crippen LogP contribution in [0.25, 0.3) is 0 Å². The minimum absolute atomic E-state index is 0.0787. The lowest BCUT2D eigenvalue weighted by atomic mass is 9.77. The van der Waals surface area contributed by atoms with Crippen LogP contribution in [-0.2, 0) is 4.79 Å². The SMILES string of the molecule is COc1ccc(C(=O)NC2(C(=O)O)CCC(C)CC2)nn1. The molecule has 0 saturated heterocycles. The Kier molecular flexibility index (Phi) is 4.40. The van der Waals surface area contributed by atoms with E-state index in [0.717, 1.165) is 12.8 Å². The van der Waals surface area contributed by atoms with E-state index < -0.39 is 17.4 Å². The molecule has 1 aromatic rings. The van der Waals surface area contributed by atoms with Gasteiger partial charge in [-0.15, -0.1) is 10.2 Å². The lowest BCUT2D eigenvalue weighted by Gasteiger charge is -2.36. The minimum atomic E-state index is -1.20. The number of aliphatic carboxylic acids is 1. The number of hydrogen-bond donors (Lipinski definition) is 2. The van der Waals surface area contributed by atoms with Gasteiger partial charge in [-0.05, 0) is 37.7 Å². The Hall–Kier alpha value is -2.18. The summed E-state index contributed by atoms with van der Waals surface area (Å²) < 4.78 is 4.87. The van der Waals surface area contributed by atoms with Crippen LogP contribution in [0.5, 0.6) is 5.88 Å².